The van der Waals surface area contributed by atoms with Gasteiger partial charge in [0.2, 0.25) is 5.91 Å². The number of anilines is 2. The van der Waals surface area contributed by atoms with Crippen molar-refractivity contribution < 1.29 is 9.90 Å². The Bertz CT molecular complexity index is 373. The lowest BCUT2D eigenvalue weighted by Gasteiger charge is -2.14. The fraction of sp³-hybridized carbons (Fsp3) is 0.417. The van der Waals surface area contributed by atoms with Crippen LogP contribution in [-0.2, 0) is 4.79 Å². The number of nitrogens with one attached hydrogen (secondary N) is 1. The average Bonchev–Trinajstić information content (AvgIpc) is 2.24. The molecule has 0 saturated carbocycles. The van der Waals surface area contributed by atoms with Gasteiger partial charge in [0, 0.05) is 12.0 Å². The number of carbonyl (C=O) groups is 1. The molecule has 4 heteroatoms. The lowest BCUT2D eigenvalue weighted by molar-refractivity contribution is -0.120. The zero-order valence-electron chi connectivity index (χ0n) is 9.66. The molecule has 0 unspecified atom stereocenters. The highest BCUT2D eigenvalue weighted by Gasteiger charge is 2.14. The zero-order chi connectivity index (χ0) is 12.1. The number of aromatic hydroxyl groups is 1. The van der Waals surface area contributed by atoms with E-state index in [2.05, 4.69) is 5.32 Å². The van der Waals surface area contributed by atoms with Gasteiger partial charge in [0.15, 0.2) is 0 Å². The van der Waals surface area contributed by atoms with E-state index in [4.69, 9.17) is 5.73 Å². The minimum Gasteiger partial charge on any atom is -0.508 e. The van der Waals surface area contributed by atoms with E-state index in [1.165, 1.54) is 12.1 Å². The smallest absolute Gasteiger partial charge is 0.227 e. The Morgan fingerprint density at radius 1 is 1.44 bits per heavy atom. The molecule has 4 N–H and O–H groups in total. The third-order valence-electron chi connectivity index (χ3n) is 2.65. The van der Waals surface area contributed by atoms with Gasteiger partial charge in [-0.1, -0.05) is 13.8 Å². The largest absolute Gasteiger partial charge is 0.508 e. The number of phenolic OH excluding ortho intramolecular Hbond substituents is 1. The van der Waals surface area contributed by atoms with E-state index < -0.39 is 0 Å². The van der Waals surface area contributed by atoms with Gasteiger partial charge in [-0.2, -0.15) is 0 Å². The Kier molecular flexibility index (Phi) is 4.17. The lowest BCUT2D eigenvalue weighted by atomic mass is 10.0. The summed E-state index contributed by atoms with van der Waals surface area (Å²) in [5, 5.41) is 11.9. The van der Waals surface area contributed by atoms with Crippen molar-refractivity contribution in [3.63, 3.8) is 0 Å². The van der Waals surface area contributed by atoms with Crippen LogP contribution in [-0.4, -0.2) is 11.0 Å². The summed E-state index contributed by atoms with van der Waals surface area (Å²) in [7, 11) is 0. The van der Waals surface area contributed by atoms with Crippen LogP contribution in [0.1, 0.15) is 26.7 Å². The molecule has 0 atom stereocenters. The molecular weight excluding hydrogens is 204 g/mol. The molecule has 1 aromatic carbocycles. The van der Waals surface area contributed by atoms with E-state index in [0.717, 1.165) is 12.8 Å². The van der Waals surface area contributed by atoms with Crippen molar-refractivity contribution >= 4 is 17.3 Å². The van der Waals surface area contributed by atoms with Crippen molar-refractivity contribution in [2.75, 3.05) is 11.1 Å². The van der Waals surface area contributed by atoms with Crippen LogP contribution in [0.5, 0.6) is 5.75 Å². The van der Waals surface area contributed by atoms with Crippen LogP contribution >= 0.6 is 0 Å². The van der Waals surface area contributed by atoms with Crippen LogP contribution < -0.4 is 11.1 Å². The topological polar surface area (TPSA) is 75.3 Å². The average molecular weight is 222 g/mol. The van der Waals surface area contributed by atoms with E-state index in [0.29, 0.717) is 11.4 Å². The highest BCUT2D eigenvalue weighted by atomic mass is 16.3. The van der Waals surface area contributed by atoms with Crippen LogP contribution in [0.2, 0.25) is 0 Å². The minimum absolute atomic E-state index is 0.00760. The molecule has 4 nitrogen and oxygen atoms in total. The molecule has 88 valence electrons. The van der Waals surface area contributed by atoms with Gasteiger partial charge in [-0.05, 0) is 25.0 Å². The summed E-state index contributed by atoms with van der Waals surface area (Å²) in [6.45, 7) is 3.96. The number of hydrogen-bond donors (Lipinski definition) is 3. The lowest BCUT2D eigenvalue weighted by Crippen LogP contribution is -2.22. The summed E-state index contributed by atoms with van der Waals surface area (Å²) in [5.74, 6) is 0.0774. The first-order valence-electron chi connectivity index (χ1n) is 5.47. The number of nitrogen functional groups attached to an aromatic ring is 1. The number of phenols is 1. The van der Waals surface area contributed by atoms with E-state index >= 15 is 0 Å². The first-order chi connectivity index (χ1) is 7.58. The number of nitrogens with two attached hydrogens (primary N) is 1. The van der Waals surface area contributed by atoms with Gasteiger partial charge < -0.3 is 16.2 Å². The van der Waals surface area contributed by atoms with Gasteiger partial charge in [-0.25, -0.2) is 0 Å². The second-order valence-electron chi connectivity index (χ2n) is 3.77. The summed E-state index contributed by atoms with van der Waals surface area (Å²) in [5.41, 5.74) is 6.60. The molecule has 0 fully saturated rings. The van der Waals surface area contributed by atoms with E-state index in [9.17, 15) is 9.90 Å². The van der Waals surface area contributed by atoms with E-state index in [1.807, 2.05) is 13.8 Å². The molecule has 16 heavy (non-hydrogen) atoms. The van der Waals surface area contributed by atoms with Crippen LogP contribution in [0.3, 0.4) is 0 Å². The molecule has 0 saturated heterocycles. The van der Waals surface area contributed by atoms with Gasteiger partial charge >= 0.3 is 0 Å². The maximum atomic E-state index is 11.8. The molecule has 0 heterocycles. The van der Waals surface area contributed by atoms with E-state index in [1.54, 1.807) is 6.07 Å². The number of carbonyl (C=O) groups excluding carboxylic acids is 1. The number of rotatable bonds is 4. The van der Waals surface area contributed by atoms with E-state index in [-0.39, 0.29) is 17.6 Å². The van der Waals surface area contributed by atoms with Gasteiger partial charge in [0.25, 0.3) is 0 Å². The minimum atomic E-state index is -0.0256. The highest BCUT2D eigenvalue weighted by Crippen LogP contribution is 2.24. The van der Waals surface area contributed by atoms with Crippen molar-refractivity contribution in [3.05, 3.63) is 18.2 Å². The SMILES string of the molecule is CCC(CC)C(=O)Nc1ccc(O)cc1N. The van der Waals surface area contributed by atoms with Gasteiger partial charge in [0.1, 0.15) is 5.75 Å². The Labute approximate surface area is 95.5 Å². The molecule has 1 rings (SSSR count). The Balaban J connectivity index is 2.76. The summed E-state index contributed by atoms with van der Waals surface area (Å²) in [6.07, 6.45) is 1.61. The second-order valence-corrected chi connectivity index (χ2v) is 3.77. The maximum Gasteiger partial charge on any atom is 0.227 e. The molecule has 0 aromatic heterocycles. The monoisotopic (exact) mass is 222 g/mol. The number of hydrogen-bond acceptors (Lipinski definition) is 3. The van der Waals surface area contributed by atoms with Crippen molar-refractivity contribution in [2.24, 2.45) is 5.92 Å². The molecule has 0 aliphatic carbocycles. The Hall–Kier alpha value is -1.71. The third-order valence-corrected chi connectivity index (χ3v) is 2.65. The second kappa shape index (κ2) is 5.39. The maximum absolute atomic E-state index is 11.8. The molecule has 0 radical (unpaired) electrons. The van der Waals surface area contributed by atoms with Gasteiger partial charge in [-0.3, -0.25) is 4.79 Å². The summed E-state index contributed by atoms with van der Waals surface area (Å²) >= 11 is 0. The zero-order valence-corrected chi connectivity index (χ0v) is 9.66. The van der Waals surface area contributed by atoms with Crippen LogP contribution in [0.4, 0.5) is 11.4 Å². The molecule has 0 aliphatic heterocycles. The first kappa shape index (κ1) is 12.4. The normalized spacial score (nSPS) is 10.4. The highest BCUT2D eigenvalue weighted by molar-refractivity contribution is 5.95. The molecule has 1 aromatic rings. The molecule has 1 amide bonds. The molecule has 0 spiro atoms. The fourth-order valence-electron chi connectivity index (χ4n) is 1.56. The van der Waals surface area contributed by atoms with Crippen LogP contribution in [0.25, 0.3) is 0 Å². The Morgan fingerprint density at radius 3 is 2.56 bits per heavy atom. The molecule has 0 aliphatic rings. The fourth-order valence-corrected chi connectivity index (χ4v) is 1.56. The van der Waals surface area contributed by atoms with Gasteiger partial charge in [0.05, 0.1) is 11.4 Å². The number of benzene rings is 1. The summed E-state index contributed by atoms with van der Waals surface area (Å²) in [4.78, 5) is 11.8. The van der Waals surface area contributed by atoms with Crippen molar-refractivity contribution in [1.29, 1.82) is 0 Å². The number of amides is 1. The summed E-state index contributed by atoms with van der Waals surface area (Å²) < 4.78 is 0. The Morgan fingerprint density at radius 2 is 2.06 bits per heavy atom. The first-order valence-corrected chi connectivity index (χ1v) is 5.47. The third kappa shape index (κ3) is 2.89. The van der Waals surface area contributed by atoms with Crippen LogP contribution in [0.15, 0.2) is 18.2 Å². The van der Waals surface area contributed by atoms with Crippen molar-refractivity contribution in [2.45, 2.75) is 26.7 Å². The van der Waals surface area contributed by atoms with Crippen molar-refractivity contribution in [3.8, 4) is 5.75 Å². The predicted octanol–water partition coefficient (Wildman–Crippen LogP) is 2.35. The quantitative estimate of drug-likeness (QED) is 0.540. The standard InChI is InChI=1S/C12H18N2O2/c1-3-8(4-2)12(16)14-11-6-5-9(15)7-10(11)13/h5-8,15H,3-4,13H2,1-2H3,(H,14,16). The van der Waals surface area contributed by atoms with Crippen LogP contribution in [0, 0.1) is 5.92 Å². The summed E-state index contributed by atoms with van der Waals surface area (Å²) in [6, 6.07) is 4.52. The molecular formula is C12H18N2O2. The predicted molar refractivity (Wildman–Crippen MR) is 65.2 cm³/mol. The van der Waals surface area contributed by atoms with Crippen molar-refractivity contribution in [1.82, 2.24) is 0 Å². The molecule has 0 bridgehead atoms. The van der Waals surface area contributed by atoms with Gasteiger partial charge in [-0.15, -0.1) is 0 Å².